The minimum atomic E-state index is 0. The van der Waals surface area contributed by atoms with Crippen LogP contribution in [-0.2, 0) is 23.3 Å². The van der Waals surface area contributed by atoms with E-state index in [4.69, 9.17) is 0 Å². The van der Waals surface area contributed by atoms with Gasteiger partial charge in [-0.3, -0.25) is 0 Å². The van der Waals surface area contributed by atoms with E-state index in [1.165, 1.54) is 103 Å². The molecular formula is C40H40SiZr-4. The molecule has 0 fully saturated rings. The molecule has 212 valence electrons. The summed E-state index contributed by atoms with van der Waals surface area (Å²) in [5.41, 5.74) is 9.49. The summed E-state index contributed by atoms with van der Waals surface area (Å²) in [5.74, 6) is 0.700. The van der Waals surface area contributed by atoms with Crippen molar-refractivity contribution in [3.63, 3.8) is 0 Å². The maximum atomic E-state index is 3.06. The minimum absolute atomic E-state index is 0. The topological polar surface area (TPSA) is 0 Å². The molecule has 7 rings (SSSR count). The van der Waals surface area contributed by atoms with E-state index in [0.29, 0.717) is 5.92 Å². The molecule has 0 bridgehead atoms. The maximum absolute atomic E-state index is 3.06. The van der Waals surface area contributed by atoms with Crippen LogP contribution in [0.25, 0.3) is 43.8 Å². The average Bonchev–Trinajstić information content (AvgIpc) is 3.64. The predicted octanol–water partition coefficient (Wildman–Crippen LogP) is 11.4. The monoisotopic (exact) mass is 638 g/mol. The number of hydrogen-bond donors (Lipinski definition) is 0. The zero-order valence-electron chi connectivity index (χ0n) is 25.3. The van der Waals surface area contributed by atoms with E-state index in [1.807, 2.05) is 0 Å². The third-order valence-corrected chi connectivity index (χ3v) is 7.93. The molecule has 1 atom stereocenters. The van der Waals surface area contributed by atoms with Crippen molar-refractivity contribution in [2.24, 2.45) is 0 Å². The fourth-order valence-electron chi connectivity index (χ4n) is 5.92. The number of allylic oxidation sites excluding steroid dienone is 2. The number of aryl methyl sites for hydroxylation is 2. The van der Waals surface area contributed by atoms with Gasteiger partial charge in [0, 0.05) is 0 Å². The van der Waals surface area contributed by atoms with Gasteiger partial charge in [-0.2, -0.15) is 12.1 Å². The molecule has 0 saturated carbocycles. The van der Waals surface area contributed by atoms with Gasteiger partial charge in [-0.1, -0.05) is 110 Å². The second kappa shape index (κ2) is 16.0. The Morgan fingerprint density at radius 1 is 0.667 bits per heavy atom. The van der Waals surface area contributed by atoms with Crippen LogP contribution in [0, 0.1) is 28.7 Å². The van der Waals surface area contributed by atoms with Crippen LogP contribution in [0.15, 0.2) is 127 Å². The standard InChI is InChI=1S/C21H19.C17H15.2CH3.Si.Zr/c1-3-8-16(9-4-1)19-14-18-12-7-13-20(21(18)15-19)17-10-5-2-6-11-17;1-12-10-16-13(2)8-9-15(17(16)11-12)14-6-4-3-5-7-14;;;;/h1-3,5-7,10-16H,4,8-9H2;3-11H,1-2H3;2*1H3;;/q4*-1;;. The van der Waals surface area contributed by atoms with E-state index in [-0.39, 0.29) is 14.9 Å². The van der Waals surface area contributed by atoms with E-state index in [0.717, 1.165) is 0 Å². The molecule has 0 saturated heterocycles. The van der Waals surface area contributed by atoms with Gasteiger partial charge in [0.2, 0.25) is 0 Å². The van der Waals surface area contributed by atoms with E-state index < -0.39 is 0 Å². The van der Waals surface area contributed by atoms with Crippen molar-refractivity contribution in [1.82, 2.24) is 0 Å². The molecule has 0 N–H and O–H groups in total. The van der Waals surface area contributed by atoms with Crippen molar-refractivity contribution in [3.8, 4) is 22.3 Å². The van der Waals surface area contributed by atoms with E-state index in [2.05, 4.69) is 148 Å². The van der Waals surface area contributed by atoms with Crippen molar-refractivity contribution in [1.29, 1.82) is 0 Å². The van der Waals surface area contributed by atoms with Gasteiger partial charge in [0.05, 0.1) is 0 Å². The van der Waals surface area contributed by atoms with Crippen LogP contribution in [0.3, 0.4) is 0 Å². The normalized spacial score (nSPS) is 13.6. The van der Waals surface area contributed by atoms with E-state index >= 15 is 0 Å². The predicted molar refractivity (Wildman–Crippen MR) is 184 cm³/mol. The fraction of sp³-hybridized carbons (Fsp3) is 0.150. The van der Waals surface area contributed by atoms with Crippen LogP contribution in [0.1, 0.15) is 41.9 Å². The van der Waals surface area contributed by atoms with Crippen molar-refractivity contribution in [2.75, 3.05) is 0 Å². The quantitative estimate of drug-likeness (QED) is 0.103. The molecule has 0 spiro atoms. The van der Waals surface area contributed by atoms with Crippen molar-refractivity contribution < 1.29 is 23.3 Å². The van der Waals surface area contributed by atoms with Gasteiger partial charge >= 0.3 is 30.2 Å². The average molecular weight is 640 g/mol. The summed E-state index contributed by atoms with van der Waals surface area (Å²) in [5, 5.41) is 5.52. The third kappa shape index (κ3) is 7.47. The molecule has 2 heteroatoms. The molecule has 0 aliphatic heterocycles. The second-order valence-electron chi connectivity index (χ2n) is 10.6. The molecule has 0 heterocycles. The first-order chi connectivity index (χ1) is 19.7. The van der Waals surface area contributed by atoms with Gasteiger partial charge in [-0.15, -0.1) is 68.6 Å². The molecule has 0 aromatic heterocycles. The molecule has 0 nitrogen and oxygen atoms in total. The first kappa shape index (κ1) is 33.4. The third-order valence-electron chi connectivity index (χ3n) is 7.93. The Balaban J connectivity index is 0.000000212. The van der Waals surface area contributed by atoms with Gasteiger partial charge in [0.1, 0.15) is 0 Å². The van der Waals surface area contributed by atoms with Crippen LogP contribution in [0.2, 0.25) is 0 Å². The van der Waals surface area contributed by atoms with E-state index in [1.54, 1.807) is 0 Å². The van der Waals surface area contributed by atoms with Crippen LogP contribution in [0.4, 0.5) is 0 Å². The molecule has 1 aliphatic rings. The molecule has 6 aromatic carbocycles. The Kier molecular flexibility index (Phi) is 12.7. The zero-order valence-corrected chi connectivity index (χ0v) is 28.8. The molecule has 0 amide bonds. The molecule has 1 aliphatic carbocycles. The van der Waals surface area contributed by atoms with Gasteiger partial charge in [-0.25, -0.2) is 0 Å². The van der Waals surface area contributed by atoms with Crippen LogP contribution >= 0.6 is 0 Å². The summed E-state index contributed by atoms with van der Waals surface area (Å²) < 4.78 is 0. The zero-order chi connectivity index (χ0) is 27.9. The Hall–Kier alpha value is -3.06. The first-order valence-corrected chi connectivity index (χ1v) is 18.2. The summed E-state index contributed by atoms with van der Waals surface area (Å²) >= 11 is 1.36. The van der Waals surface area contributed by atoms with Gasteiger partial charge < -0.3 is 14.9 Å². The Morgan fingerprint density at radius 2 is 1.31 bits per heavy atom. The summed E-state index contributed by atoms with van der Waals surface area (Å²) in [7, 11) is 0. The number of benzene rings is 4. The number of hydrogen-bond acceptors (Lipinski definition) is 0. The number of rotatable bonds is 3. The fourth-order valence-corrected chi connectivity index (χ4v) is 5.92. The molecule has 6 aromatic rings. The molecule has 1 unspecified atom stereocenters. The first-order valence-electron chi connectivity index (χ1n) is 14.0. The van der Waals surface area contributed by atoms with Gasteiger partial charge in [0.25, 0.3) is 0 Å². The Labute approximate surface area is 270 Å². The van der Waals surface area contributed by atoms with Crippen LogP contribution in [-0.4, -0.2) is 6.88 Å². The summed E-state index contributed by atoms with van der Waals surface area (Å²) in [6.45, 7) is 7.40. The summed E-state index contributed by atoms with van der Waals surface area (Å²) in [6, 6.07) is 41.8. The van der Waals surface area contributed by atoms with Crippen molar-refractivity contribution in [3.05, 3.63) is 159 Å². The van der Waals surface area contributed by atoms with Gasteiger partial charge in [0.15, 0.2) is 0 Å². The Morgan fingerprint density at radius 3 is 1.93 bits per heavy atom. The van der Waals surface area contributed by atoms with Crippen LogP contribution in [0.5, 0.6) is 0 Å². The molecule has 2 radical (unpaired) electrons. The molecule has 42 heavy (non-hydrogen) atoms. The van der Waals surface area contributed by atoms with Crippen molar-refractivity contribution in [2.45, 2.75) is 39.0 Å². The van der Waals surface area contributed by atoms with E-state index in [9.17, 15) is 0 Å². The SMILES string of the molecule is C1=CCC(c2cc3c(-c4ccccc4)cccc3[cH-]2)CC1.Cc1cc2c(-c3ccccc3)ccc(C)c2[cH-]1.[CH3-].[CH3-].[Si]=[Zr]. The Bertz CT molecular complexity index is 1720. The molecular weight excluding hydrogens is 600 g/mol. The van der Waals surface area contributed by atoms with Crippen molar-refractivity contribution >= 4 is 28.4 Å². The van der Waals surface area contributed by atoms with Crippen LogP contribution < -0.4 is 0 Å². The second-order valence-corrected chi connectivity index (χ2v) is 10.6. The van der Waals surface area contributed by atoms with Gasteiger partial charge in [-0.05, 0) is 36.3 Å². The number of fused-ring (bicyclic) bond motifs is 2. The summed E-state index contributed by atoms with van der Waals surface area (Å²) in [4.78, 5) is 0. The summed E-state index contributed by atoms with van der Waals surface area (Å²) in [6.07, 6.45) is 8.35.